The molecule has 2 rings (SSSR count). The van der Waals surface area contributed by atoms with E-state index in [4.69, 9.17) is 4.74 Å². The lowest BCUT2D eigenvalue weighted by Gasteiger charge is -2.12. The van der Waals surface area contributed by atoms with Crippen LogP contribution in [0.4, 0.5) is 0 Å². The van der Waals surface area contributed by atoms with Crippen LogP contribution < -0.4 is 0 Å². The van der Waals surface area contributed by atoms with Crippen molar-refractivity contribution in [3.8, 4) is 0 Å². The summed E-state index contributed by atoms with van der Waals surface area (Å²) in [5.41, 5.74) is 1.75. The molecule has 0 saturated carbocycles. The fourth-order valence-corrected chi connectivity index (χ4v) is 1.72. The van der Waals surface area contributed by atoms with Crippen molar-refractivity contribution in [2.75, 3.05) is 7.11 Å². The van der Waals surface area contributed by atoms with Gasteiger partial charge in [-0.3, -0.25) is 9.59 Å². The van der Waals surface area contributed by atoms with Gasteiger partial charge in [-0.1, -0.05) is 0 Å². The predicted octanol–water partition coefficient (Wildman–Crippen LogP) is 1.24. The molecule has 0 aliphatic heterocycles. The fraction of sp³-hybridized carbons (Fsp3) is 0.273. The highest BCUT2D eigenvalue weighted by atomic mass is 16.5. The zero-order chi connectivity index (χ0) is 11.2. The number of hydrogen-bond acceptors (Lipinski definition) is 3. The maximum absolute atomic E-state index is 11.9. The Kier molecular flexibility index (Phi) is 2.00. The van der Waals surface area contributed by atoms with Crippen molar-refractivity contribution >= 4 is 11.6 Å². The molecule has 1 aromatic heterocycles. The minimum atomic E-state index is -0.234. The Hall–Kier alpha value is -1.84. The van der Waals surface area contributed by atoms with Crippen molar-refractivity contribution < 1.29 is 14.3 Å². The fourth-order valence-electron chi connectivity index (χ4n) is 1.72. The highest BCUT2D eigenvalue weighted by Crippen LogP contribution is 2.24. The number of aromatic nitrogens is 1. The number of carbonyl (C=O) groups is 2. The summed E-state index contributed by atoms with van der Waals surface area (Å²) in [6, 6.07) is 1.72. The van der Waals surface area contributed by atoms with Gasteiger partial charge in [0.05, 0.1) is 12.7 Å². The first-order chi connectivity index (χ1) is 7.06. The largest absolute Gasteiger partial charge is 0.492 e. The number of nitrogens with zero attached hydrogens (tertiary/aromatic N) is 1. The molecule has 0 fully saturated rings. The van der Waals surface area contributed by atoms with E-state index in [0.717, 1.165) is 5.69 Å². The average Bonchev–Trinajstić information content (AvgIpc) is 2.50. The normalized spacial score (nSPS) is 15.0. The van der Waals surface area contributed by atoms with Crippen molar-refractivity contribution in [3.05, 3.63) is 34.9 Å². The minimum absolute atomic E-state index is 0.105. The maximum Gasteiger partial charge on any atom is 0.244 e. The number of fused-ring (bicyclic) bond motifs is 1. The topological polar surface area (TPSA) is 48.3 Å². The van der Waals surface area contributed by atoms with Gasteiger partial charge < -0.3 is 9.30 Å². The summed E-state index contributed by atoms with van der Waals surface area (Å²) in [5.74, 6) is -0.304. The molecular weight excluding hydrogens is 194 g/mol. The standard InChI is InChI=1S/C11H11NO3/c1-6-4-7-8(13)5-9(15-3)11(14)10(7)12(6)2/h4-5H,1-3H3. The SMILES string of the molecule is COC1=CC(=O)c2cc(C)n(C)c2C1=O. The highest BCUT2D eigenvalue weighted by molar-refractivity contribution is 6.23. The summed E-state index contributed by atoms with van der Waals surface area (Å²) < 4.78 is 6.58. The van der Waals surface area contributed by atoms with Crippen LogP contribution in [0.25, 0.3) is 0 Å². The molecular formula is C11H11NO3. The smallest absolute Gasteiger partial charge is 0.244 e. The summed E-state index contributed by atoms with van der Waals surface area (Å²) in [6.45, 7) is 1.85. The number of carbonyl (C=O) groups excluding carboxylic acids is 2. The first-order valence-corrected chi connectivity index (χ1v) is 4.57. The third-order valence-corrected chi connectivity index (χ3v) is 2.66. The van der Waals surface area contributed by atoms with Gasteiger partial charge in [-0.2, -0.15) is 0 Å². The van der Waals surface area contributed by atoms with E-state index < -0.39 is 0 Å². The van der Waals surface area contributed by atoms with Gasteiger partial charge >= 0.3 is 0 Å². The van der Waals surface area contributed by atoms with E-state index in [1.165, 1.54) is 13.2 Å². The van der Waals surface area contributed by atoms with E-state index in [1.54, 1.807) is 17.7 Å². The predicted molar refractivity (Wildman–Crippen MR) is 53.9 cm³/mol. The summed E-state index contributed by atoms with van der Waals surface area (Å²) in [4.78, 5) is 23.5. The molecule has 1 heterocycles. The molecule has 0 atom stereocenters. The molecule has 4 heteroatoms. The molecule has 1 aliphatic rings. The van der Waals surface area contributed by atoms with Crippen LogP contribution in [0.5, 0.6) is 0 Å². The van der Waals surface area contributed by atoms with Crippen molar-refractivity contribution in [2.45, 2.75) is 6.92 Å². The third kappa shape index (κ3) is 1.21. The Bertz CT molecular complexity index is 494. The third-order valence-electron chi connectivity index (χ3n) is 2.66. The Morgan fingerprint density at radius 2 is 2.00 bits per heavy atom. The summed E-state index contributed by atoms with van der Waals surface area (Å²) >= 11 is 0. The highest BCUT2D eigenvalue weighted by Gasteiger charge is 2.29. The Morgan fingerprint density at radius 1 is 1.33 bits per heavy atom. The lowest BCUT2D eigenvalue weighted by Crippen LogP contribution is -2.19. The van der Waals surface area contributed by atoms with Gasteiger partial charge in [0.1, 0.15) is 5.69 Å². The monoisotopic (exact) mass is 205 g/mol. The second kappa shape index (κ2) is 3.08. The molecule has 15 heavy (non-hydrogen) atoms. The van der Waals surface area contributed by atoms with Gasteiger partial charge in [-0.15, -0.1) is 0 Å². The van der Waals surface area contributed by atoms with E-state index in [2.05, 4.69) is 0 Å². The maximum atomic E-state index is 11.9. The Morgan fingerprint density at radius 3 is 2.60 bits per heavy atom. The van der Waals surface area contributed by atoms with Crippen LogP contribution in [0.1, 0.15) is 26.5 Å². The first-order valence-electron chi connectivity index (χ1n) is 4.57. The van der Waals surface area contributed by atoms with Gasteiger partial charge in [0.25, 0.3) is 0 Å². The molecule has 0 amide bonds. The van der Waals surface area contributed by atoms with Gasteiger partial charge in [0.2, 0.25) is 5.78 Å². The van der Waals surface area contributed by atoms with Crippen molar-refractivity contribution in [2.24, 2.45) is 7.05 Å². The van der Waals surface area contributed by atoms with Gasteiger partial charge in [-0.25, -0.2) is 0 Å². The molecule has 0 saturated heterocycles. The zero-order valence-electron chi connectivity index (χ0n) is 8.83. The van der Waals surface area contributed by atoms with Crippen LogP contribution in [-0.2, 0) is 11.8 Å². The minimum Gasteiger partial charge on any atom is -0.492 e. The van der Waals surface area contributed by atoms with Gasteiger partial charge in [0, 0.05) is 18.8 Å². The first kappa shape index (κ1) is 9.71. The number of allylic oxidation sites excluding steroid dienone is 2. The zero-order valence-corrected chi connectivity index (χ0v) is 8.83. The molecule has 1 aromatic rings. The lowest BCUT2D eigenvalue weighted by molar-refractivity contribution is 0.0909. The summed E-state index contributed by atoms with van der Waals surface area (Å²) in [6.07, 6.45) is 1.24. The second-order valence-corrected chi connectivity index (χ2v) is 3.51. The second-order valence-electron chi connectivity index (χ2n) is 3.51. The molecule has 78 valence electrons. The van der Waals surface area contributed by atoms with E-state index in [0.29, 0.717) is 11.3 Å². The molecule has 4 nitrogen and oxygen atoms in total. The number of methoxy groups -OCH3 is 1. The molecule has 1 aliphatic carbocycles. The van der Waals surface area contributed by atoms with Crippen LogP contribution in [0.2, 0.25) is 0 Å². The van der Waals surface area contributed by atoms with E-state index in [1.807, 2.05) is 6.92 Å². The lowest BCUT2D eigenvalue weighted by atomic mass is 10.0. The van der Waals surface area contributed by atoms with Crippen LogP contribution >= 0.6 is 0 Å². The number of ether oxygens (including phenoxy) is 1. The van der Waals surface area contributed by atoms with Crippen molar-refractivity contribution in [1.29, 1.82) is 0 Å². The average molecular weight is 205 g/mol. The Labute approximate surface area is 87.1 Å². The van der Waals surface area contributed by atoms with E-state index in [9.17, 15) is 9.59 Å². The molecule has 0 bridgehead atoms. The van der Waals surface area contributed by atoms with Crippen molar-refractivity contribution in [1.82, 2.24) is 4.57 Å². The van der Waals surface area contributed by atoms with Crippen molar-refractivity contribution in [3.63, 3.8) is 0 Å². The van der Waals surface area contributed by atoms with E-state index >= 15 is 0 Å². The number of ketones is 2. The number of rotatable bonds is 1. The quantitative estimate of drug-likeness (QED) is 0.693. The molecule has 0 N–H and O–H groups in total. The Balaban J connectivity index is 2.67. The molecule has 0 radical (unpaired) electrons. The number of hydrogen-bond donors (Lipinski definition) is 0. The molecule has 0 unspecified atom stereocenters. The van der Waals surface area contributed by atoms with Gasteiger partial charge in [-0.05, 0) is 13.0 Å². The summed E-state index contributed by atoms with van der Waals surface area (Å²) in [5, 5.41) is 0. The van der Waals surface area contributed by atoms with Crippen LogP contribution in [0.15, 0.2) is 17.9 Å². The van der Waals surface area contributed by atoms with Crippen LogP contribution in [-0.4, -0.2) is 23.2 Å². The van der Waals surface area contributed by atoms with Gasteiger partial charge in [0.15, 0.2) is 11.5 Å². The van der Waals surface area contributed by atoms with E-state index in [-0.39, 0.29) is 17.3 Å². The van der Waals surface area contributed by atoms with Crippen LogP contribution in [0, 0.1) is 6.92 Å². The summed E-state index contributed by atoms with van der Waals surface area (Å²) in [7, 11) is 3.15. The number of Topliss-reactive ketones (excluding diaryl/α,β-unsaturated/α-hetero) is 1. The van der Waals surface area contributed by atoms with Crippen LogP contribution in [0.3, 0.4) is 0 Å². The molecule has 0 aromatic carbocycles. The molecule has 0 spiro atoms. The number of aryl methyl sites for hydroxylation is 1.